The lowest BCUT2D eigenvalue weighted by atomic mass is 10.00. The predicted octanol–water partition coefficient (Wildman–Crippen LogP) is 2.62. The van der Waals surface area contributed by atoms with Crippen LogP contribution in [-0.2, 0) is 0 Å². The number of ketones is 2. The summed E-state index contributed by atoms with van der Waals surface area (Å²) >= 11 is 0. The monoisotopic (exact) mass is 318 g/mol. The maximum absolute atomic E-state index is 12.4. The molecule has 4 rings (SSSR count). The van der Waals surface area contributed by atoms with Crippen molar-refractivity contribution in [1.29, 1.82) is 0 Å². The van der Waals surface area contributed by atoms with Gasteiger partial charge >= 0.3 is 5.97 Å². The van der Waals surface area contributed by atoms with Crippen molar-refractivity contribution in [1.82, 2.24) is 9.55 Å². The number of carbonyl (C=O) groups is 3. The van der Waals surface area contributed by atoms with Gasteiger partial charge < -0.3 is 5.11 Å². The molecule has 0 unspecified atom stereocenters. The van der Waals surface area contributed by atoms with Crippen LogP contribution in [0, 0.1) is 0 Å². The molecule has 0 fully saturated rings. The summed E-state index contributed by atoms with van der Waals surface area (Å²) in [6.45, 7) is 0. The third kappa shape index (κ3) is 1.83. The lowest BCUT2D eigenvalue weighted by Gasteiger charge is -2.18. The molecule has 0 amide bonds. The van der Waals surface area contributed by atoms with Gasteiger partial charge in [0.15, 0.2) is 11.5 Å². The summed E-state index contributed by atoms with van der Waals surface area (Å²) in [7, 11) is 0. The van der Waals surface area contributed by atoms with Gasteiger partial charge in [-0.2, -0.15) is 0 Å². The van der Waals surface area contributed by atoms with E-state index >= 15 is 0 Å². The molecule has 2 aromatic carbocycles. The zero-order valence-corrected chi connectivity index (χ0v) is 12.3. The van der Waals surface area contributed by atoms with Gasteiger partial charge in [-0.05, 0) is 12.1 Å². The highest BCUT2D eigenvalue weighted by Gasteiger charge is 2.36. The van der Waals surface area contributed by atoms with Crippen molar-refractivity contribution in [3.8, 4) is 16.9 Å². The van der Waals surface area contributed by atoms with E-state index in [1.165, 1.54) is 4.57 Å². The first kappa shape index (κ1) is 14.1. The Bertz CT molecular complexity index is 1020. The molecule has 0 atom stereocenters. The van der Waals surface area contributed by atoms with Crippen LogP contribution < -0.4 is 0 Å². The third-order valence-corrected chi connectivity index (χ3v) is 3.93. The van der Waals surface area contributed by atoms with Crippen LogP contribution in [0.15, 0.2) is 54.6 Å². The molecule has 0 saturated carbocycles. The van der Waals surface area contributed by atoms with E-state index in [4.69, 9.17) is 0 Å². The molecule has 0 radical (unpaired) electrons. The van der Waals surface area contributed by atoms with Gasteiger partial charge in [0.2, 0.25) is 5.78 Å². The number of fused-ring (bicyclic) bond motifs is 3. The standard InChI is InChI=1S/C18H10N2O4/c21-15-11-8-4-5-9-12(11)20-14(10-6-2-1-3-7-10)13(18(23)24)19-17(20)16(15)22/h1-9H,(H,23,24). The van der Waals surface area contributed by atoms with E-state index in [1.54, 1.807) is 54.6 Å². The van der Waals surface area contributed by atoms with Gasteiger partial charge in [-0.15, -0.1) is 0 Å². The van der Waals surface area contributed by atoms with Crippen molar-refractivity contribution < 1.29 is 19.5 Å². The fourth-order valence-electron chi connectivity index (χ4n) is 2.90. The Balaban J connectivity index is 2.14. The van der Waals surface area contributed by atoms with Crippen LogP contribution in [0.3, 0.4) is 0 Å². The highest BCUT2D eigenvalue weighted by atomic mass is 16.4. The first-order chi connectivity index (χ1) is 11.6. The van der Waals surface area contributed by atoms with Crippen LogP contribution in [-0.4, -0.2) is 32.2 Å². The number of aromatic carboxylic acids is 1. The fraction of sp³-hybridized carbons (Fsp3) is 0. The van der Waals surface area contributed by atoms with Crippen molar-refractivity contribution in [3.05, 3.63) is 71.7 Å². The maximum atomic E-state index is 12.4. The summed E-state index contributed by atoms with van der Waals surface area (Å²) in [4.78, 5) is 40.2. The number of hydrogen-bond donors (Lipinski definition) is 1. The molecule has 6 heteroatoms. The van der Waals surface area contributed by atoms with Gasteiger partial charge in [-0.25, -0.2) is 9.78 Å². The Morgan fingerprint density at radius 2 is 1.58 bits per heavy atom. The van der Waals surface area contributed by atoms with Crippen molar-refractivity contribution >= 4 is 17.5 Å². The number of hydrogen-bond acceptors (Lipinski definition) is 4. The summed E-state index contributed by atoms with van der Waals surface area (Å²) in [5.41, 5.74) is 1.32. The normalized spacial score (nSPS) is 12.7. The molecule has 0 spiro atoms. The van der Waals surface area contributed by atoms with Gasteiger partial charge in [-0.3, -0.25) is 14.2 Å². The van der Waals surface area contributed by atoms with Crippen LogP contribution >= 0.6 is 0 Å². The maximum Gasteiger partial charge on any atom is 0.356 e. The van der Waals surface area contributed by atoms with E-state index in [9.17, 15) is 19.5 Å². The third-order valence-electron chi connectivity index (χ3n) is 3.93. The number of carboxylic acid groups (broad SMARTS) is 1. The van der Waals surface area contributed by atoms with Crippen molar-refractivity contribution in [3.63, 3.8) is 0 Å². The van der Waals surface area contributed by atoms with Crippen LogP contribution in [0.4, 0.5) is 0 Å². The minimum atomic E-state index is -1.26. The Morgan fingerprint density at radius 1 is 0.917 bits per heavy atom. The second kappa shape index (κ2) is 4.99. The lowest BCUT2D eigenvalue weighted by Crippen LogP contribution is -2.26. The molecule has 1 aliphatic rings. The first-order valence-corrected chi connectivity index (χ1v) is 7.19. The smallest absolute Gasteiger partial charge is 0.356 e. The first-order valence-electron chi connectivity index (χ1n) is 7.19. The SMILES string of the molecule is O=C1C(=O)c2nc(C(=O)O)c(-c3ccccc3)n2-c2ccccc21. The zero-order valence-electron chi connectivity index (χ0n) is 12.3. The molecule has 2 heterocycles. The summed E-state index contributed by atoms with van der Waals surface area (Å²) in [6, 6.07) is 15.4. The number of para-hydroxylation sites is 1. The molecule has 1 N–H and O–H groups in total. The van der Waals surface area contributed by atoms with Gasteiger partial charge in [-0.1, -0.05) is 42.5 Å². The number of benzene rings is 2. The van der Waals surface area contributed by atoms with Crippen LogP contribution in [0.25, 0.3) is 16.9 Å². The van der Waals surface area contributed by atoms with Crippen LogP contribution in [0.1, 0.15) is 31.5 Å². The predicted molar refractivity (Wildman–Crippen MR) is 84.6 cm³/mol. The van der Waals surface area contributed by atoms with Crippen LogP contribution in [0.2, 0.25) is 0 Å². The van der Waals surface area contributed by atoms with E-state index in [-0.39, 0.29) is 22.8 Å². The summed E-state index contributed by atoms with van der Waals surface area (Å²) in [6.07, 6.45) is 0. The molecule has 6 nitrogen and oxygen atoms in total. The minimum absolute atomic E-state index is 0.171. The van der Waals surface area contributed by atoms with E-state index in [0.29, 0.717) is 11.3 Å². The average molecular weight is 318 g/mol. The second-order valence-electron chi connectivity index (χ2n) is 5.31. The Labute approximate surface area is 136 Å². The molecule has 24 heavy (non-hydrogen) atoms. The van der Waals surface area contributed by atoms with E-state index < -0.39 is 17.5 Å². The van der Waals surface area contributed by atoms with E-state index in [0.717, 1.165) is 0 Å². The van der Waals surface area contributed by atoms with Crippen molar-refractivity contribution in [2.45, 2.75) is 0 Å². The van der Waals surface area contributed by atoms with Gasteiger partial charge in [0.1, 0.15) is 0 Å². The molecular weight excluding hydrogens is 308 g/mol. The van der Waals surface area contributed by atoms with Crippen molar-refractivity contribution in [2.24, 2.45) is 0 Å². The molecule has 0 saturated heterocycles. The van der Waals surface area contributed by atoms with Crippen molar-refractivity contribution in [2.75, 3.05) is 0 Å². The number of Topliss-reactive ketones (excluding diaryl/α,β-unsaturated/α-hetero) is 2. The second-order valence-corrected chi connectivity index (χ2v) is 5.31. The van der Waals surface area contributed by atoms with Gasteiger partial charge in [0, 0.05) is 5.56 Å². The molecule has 0 aliphatic carbocycles. The number of carboxylic acids is 1. The number of carbonyl (C=O) groups excluding carboxylic acids is 2. The number of imidazole rings is 1. The van der Waals surface area contributed by atoms with Gasteiger partial charge in [0.05, 0.1) is 16.9 Å². The van der Waals surface area contributed by atoms with E-state index in [2.05, 4.69) is 4.98 Å². The summed E-state index contributed by atoms with van der Waals surface area (Å²) in [5, 5.41) is 9.50. The number of rotatable bonds is 2. The highest BCUT2D eigenvalue weighted by Crippen LogP contribution is 2.33. The number of nitrogens with zero attached hydrogens (tertiary/aromatic N) is 2. The average Bonchev–Trinajstić information content (AvgIpc) is 3.01. The van der Waals surface area contributed by atoms with Crippen LogP contribution in [0.5, 0.6) is 0 Å². The lowest BCUT2D eigenvalue weighted by molar-refractivity contribution is 0.0691. The Morgan fingerprint density at radius 3 is 2.29 bits per heavy atom. The fourth-order valence-corrected chi connectivity index (χ4v) is 2.90. The number of aromatic nitrogens is 2. The molecule has 3 aromatic rings. The Kier molecular flexibility index (Phi) is 2.93. The molecule has 1 aromatic heterocycles. The summed E-state index contributed by atoms with van der Waals surface area (Å²) < 4.78 is 1.46. The minimum Gasteiger partial charge on any atom is -0.476 e. The molecule has 0 bridgehead atoms. The largest absolute Gasteiger partial charge is 0.476 e. The van der Waals surface area contributed by atoms with E-state index in [1.807, 2.05) is 0 Å². The quantitative estimate of drug-likeness (QED) is 0.734. The van der Waals surface area contributed by atoms with Gasteiger partial charge in [0.25, 0.3) is 5.78 Å². The summed E-state index contributed by atoms with van der Waals surface area (Å²) in [5.74, 6) is -2.92. The Hall–Kier alpha value is -3.54. The topological polar surface area (TPSA) is 89.3 Å². The highest BCUT2D eigenvalue weighted by molar-refractivity contribution is 6.50. The molecular formula is C18H10N2O4. The zero-order chi connectivity index (χ0) is 16.8. The molecule has 1 aliphatic heterocycles. The molecule has 116 valence electrons.